The molecule has 2 aliphatic rings. The van der Waals surface area contributed by atoms with E-state index >= 15 is 0 Å². The Morgan fingerprint density at radius 2 is 1.89 bits per heavy atom. The molecule has 1 aromatic carbocycles. The predicted octanol–water partition coefficient (Wildman–Crippen LogP) is 2.40. The lowest BCUT2D eigenvalue weighted by atomic mass is 9.90. The molecule has 2 saturated heterocycles. The molecule has 0 N–H and O–H groups in total. The Morgan fingerprint density at radius 3 is 2.67 bits per heavy atom. The highest BCUT2D eigenvalue weighted by Gasteiger charge is 2.47. The van der Waals surface area contributed by atoms with E-state index in [1.807, 2.05) is 19.9 Å². The number of fused-ring (bicyclic) bond motifs is 1. The first-order valence-corrected chi connectivity index (χ1v) is 6.61. The van der Waals surface area contributed by atoms with Crippen LogP contribution in [-0.4, -0.2) is 31.2 Å². The molecule has 1 aromatic rings. The van der Waals surface area contributed by atoms with E-state index in [-0.39, 0.29) is 12.2 Å². The van der Waals surface area contributed by atoms with Crippen molar-refractivity contribution in [1.82, 2.24) is 0 Å². The summed E-state index contributed by atoms with van der Waals surface area (Å²) in [6.07, 6.45) is 1.23. The van der Waals surface area contributed by atoms with Crippen LogP contribution in [0.15, 0.2) is 30.3 Å². The number of rotatable bonds is 2. The number of hydrogen-bond donors (Lipinski definition) is 0. The van der Waals surface area contributed by atoms with Crippen LogP contribution < -0.4 is 0 Å². The zero-order valence-electron chi connectivity index (χ0n) is 11.0. The highest BCUT2D eigenvalue weighted by atomic mass is 16.8. The summed E-state index contributed by atoms with van der Waals surface area (Å²) in [4.78, 5) is 0. The number of ether oxygens (including phenoxy) is 3. The summed E-state index contributed by atoms with van der Waals surface area (Å²) in [6.45, 7) is 5.37. The molecule has 2 aliphatic heterocycles. The summed E-state index contributed by atoms with van der Waals surface area (Å²) in [6, 6.07) is 10.5. The van der Waals surface area contributed by atoms with Crippen molar-refractivity contribution in [2.24, 2.45) is 5.92 Å². The van der Waals surface area contributed by atoms with Gasteiger partial charge in [0.15, 0.2) is 5.79 Å². The van der Waals surface area contributed by atoms with E-state index in [9.17, 15) is 0 Å². The molecule has 0 radical (unpaired) electrons. The molecule has 3 unspecified atom stereocenters. The van der Waals surface area contributed by atoms with E-state index in [0.717, 1.165) is 13.0 Å². The minimum atomic E-state index is -0.474. The first-order valence-electron chi connectivity index (χ1n) is 6.61. The summed E-state index contributed by atoms with van der Waals surface area (Å²) in [5.41, 5.74) is 1.33. The van der Waals surface area contributed by atoms with Crippen molar-refractivity contribution in [3.63, 3.8) is 0 Å². The topological polar surface area (TPSA) is 27.7 Å². The molecule has 0 spiro atoms. The van der Waals surface area contributed by atoms with Gasteiger partial charge in [-0.2, -0.15) is 0 Å². The van der Waals surface area contributed by atoms with Crippen LogP contribution in [0, 0.1) is 5.92 Å². The molecular formula is C15H20O3. The van der Waals surface area contributed by atoms with E-state index in [1.54, 1.807) is 0 Å². The summed E-state index contributed by atoms with van der Waals surface area (Å²) >= 11 is 0. The van der Waals surface area contributed by atoms with Crippen molar-refractivity contribution in [2.45, 2.75) is 38.3 Å². The molecule has 18 heavy (non-hydrogen) atoms. The third kappa shape index (κ3) is 2.44. The second-order valence-electron chi connectivity index (χ2n) is 5.63. The normalized spacial score (nSPS) is 34.2. The highest BCUT2D eigenvalue weighted by molar-refractivity contribution is 5.16. The maximum Gasteiger partial charge on any atom is 0.163 e. The van der Waals surface area contributed by atoms with E-state index in [2.05, 4.69) is 24.3 Å². The third-order valence-corrected chi connectivity index (χ3v) is 3.64. The molecule has 0 aliphatic carbocycles. The van der Waals surface area contributed by atoms with Crippen LogP contribution in [0.3, 0.4) is 0 Å². The van der Waals surface area contributed by atoms with Crippen LogP contribution in [0.25, 0.3) is 0 Å². The van der Waals surface area contributed by atoms with Crippen molar-refractivity contribution < 1.29 is 14.2 Å². The zero-order valence-corrected chi connectivity index (χ0v) is 11.0. The molecule has 3 nitrogen and oxygen atoms in total. The Balaban J connectivity index is 1.72. The number of hydrogen-bond acceptors (Lipinski definition) is 3. The minimum absolute atomic E-state index is 0.0856. The summed E-state index contributed by atoms with van der Waals surface area (Å²) in [5, 5.41) is 0. The van der Waals surface area contributed by atoms with Crippen LogP contribution >= 0.6 is 0 Å². The smallest absolute Gasteiger partial charge is 0.163 e. The molecule has 3 rings (SSSR count). The Kier molecular flexibility index (Phi) is 3.14. The lowest BCUT2D eigenvalue weighted by molar-refractivity contribution is -0.148. The molecule has 0 saturated carbocycles. The molecule has 3 atom stereocenters. The maximum absolute atomic E-state index is 6.04. The lowest BCUT2D eigenvalue weighted by Crippen LogP contribution is -2.42. The fourth-order valence-corrected chi connectivity index (χ4v) is 2.91. The monoisotopic (exact) mass is 248 g/mol. The third-order valence-electron chi connectivity index (χ3n) is 3.64. The molecule has 0 aromatic heterocycles. The molecule has 98 valence electrons. The highest BCUT2D eigenvalue weighted by Crippen LogP contribution is 2.36. The second-order valence-corrected chi connectivity index (χ2v) is 5.63. The lowest BCUT2D eigenvalue weighted by Gasteiger charge is -2.31. The van der Waals surface area contributed by atoms with E-state index in [1.165, 1.54) is 5.56 Å². The van der Waals surface area contributed by atoms with E-state index < -0.39 is 5.79 Å². The van der Waals surface area contributed by atoms with Crippen molar-refractivity contribution in [3.8, 4) is 0 Å². The van der Waals surface area contributed by atoms with Gasteiger partial charge in [-0.1, -0.05) is 30.3 Å². The van der Waals surface area contributed by atoms with Crippen molar-refractivity contribution in [3.05, 3.63) is 35.9 Å². The average molecular weight is 248 g/mol. The summed E-state index contributed by atoms with van der Waals surface area (Å²) < 4.78 is 17.6. The van der Waals surface area contributed by atoms with Gasteiger partial charge in [0, 0.05) is 5.92 Å². The van der Waals surface area contributed by atoms with Crippen molar-refractivity contribution >= 4 is 0 Å². The number of benzene rings is 1. The van der Waals surface area contributed by atoms with Gasteiger partial charge in [-0.25, -0.2) is 0 Å². The molecule has 0 amide bonds. The van der Waals surface area contributed by atoms with Crippen LogP contribution in [0.4, 0.5) is 0 Å². The molecular weight excluding hydrogens is 228 g/mol. The zero-order chi connectivity index (χ0) is 12.6. The van der Waals surface area contributed by atoms with Gasteiger partial charge in [-0.05, 0) is 25.8 Å². The first-order chi connectivity index (χ1) is 8.64. The Labute approximate surface area is 108 Å². The second kappa shape index (κ2) is 4.65. The van der Waals surface area contributed by atoms with Crippen LogP contribution in [0.5, 0.6) is 0 Å². The minimum Gasteiger partial charge on any atom is -0.378 e. The molecule has 2 heterocycles. The average Bonchev–Trinajstić information content (AvgIpc) is 2.66. The molecule has 0 bridgehead atoms. The maximum atomic E-state index is 6.04. The Morgan fingerprint density at radius 1 is 1.11 bits per heavy atom. The largest absolute Gasteiger partial charge is 0.378 e. The standard InChI is InChI=1S/C15H20O3/c1-15(2)17-13-10-16-9-12(14(13)18-15)8-11-6-4-3-5-7-11/h3-7,12-14H,8-10H2,1-2H3. The van der Waals surface area contributed by atoms with Crippen LogP contribution in [0.2, 0.25) is 0 Å². The Bertz CT molecular complexity index is 401. The summed E-state index contributed by atoms with van der Waals surface area (Å²) in [7, 11) is 0. The van der Waals surface area contributed by atoms with Gasteiger partial charge in [-0.3, -0.25) is 0 Å². The Hall–Kier alpha value is -0.900. The van der Waals surface area contributed by atoms with Gasteiger partial charge in [0.05, 0.1) is 19.3 Å². The van der Waals surface area contributed by atoms with Crippen LogP contribution in [0.1, 0.15) is 19.4 Å². The molecule has 3 heteroatoms. The van der Waals surface area contributed by atoms with E-state index in [4.69, 9.17) is 14.2 Å². The van der Waals surface area contributed by atoms with Gasteiger partial charge in [0.1, 0.15) is 6.10 Å². The van der Waals surface area contributed by atoms with Crippen LogP contribution in [-0.2, 0) is 20.6 Å². The quantitative estimate of drug-likeness (QED) is 0.804. The fraction of sp³-hybridized carbons (Fsp3) is 0.600. The van der Waals surface area contributed by atoms with Gasteiger partial charge < -0.3 is 14.2 Å². The van der Waals surface area contributed by atoms with Crippen molar-refractivity contribution in [2.75, 3.05) is 13.2 Å². The van der Waals surface area contributed by atoms with Gasteiger partial charge in [0.25, 0.3) is 0 Å². The van der Waals surface area contributed by atoms with Crippen molar-refractivity contribution in [1.29, 1.82) is 0 Å². The van der Waals surface area contributed by atoms with Gasteiger partial charge in [-0.15, -0.1) is 0 Å². The SMILES string of the molecule is CC1(C)OC2COCC(Cc3ccccc3)C2O1. The van der Waals surface area contributed by atoms with E-state index in [0.29, 0.717) is 12.5 Å². The molecule has 2 fully saturated rings. The van der Waals surface area contributed by atoms with Gasteiger partial charge in [0.2, 0.25) is 0 Å². The van der Waals surface area contributed by atoms with Gasteiger partial charge >= 0.3 is 0 Å². The summed E-state index contributed by atoms with van der Waals surface area (Å²) in [5.74, 6) is -0.0919. The first kappa shape index (κ1) is 12.2. The fourth-order valence-electron chi connectivity index (χ4n) is 2.91. The predicted molar refractivity (Wildman–Crippen MR) is 68.3 cm³/mol.